The highest BCUT2D eigenvalue weighted by Crippen LogP contribution is 2.27. The molecule has 0 aliphatic heterocycles. The molecule has 0 saturated heterocycles. The molecule has 0 saturated carbocycles. The summed E-state index contributed by atoms with van der Waals surface area (Å²) in [5.41, 5.74) is 3.43. The zero-order chi connectivity index (χ0) is 14.0. The van der Waals surface area contributed by atoms with Crippen molar-refractivity contribution in [1.29, 1.82) is 0 Å². The van der Waals surface area contributed by atoms with Crippen LogP contribution in [-0.4, -0.2) is 35.4 Å². The number of nitro benzene ring substituents is 1. The van der Waals surface area contributed by atoms with Gasteiger partial charge in [-0.25, -0.2) is 0 Å². The summed E-state index contributed by atoms with van der Waals surface area (Å²) in [6.07, 6.45) is 1.98. The summed E-state index contributed by atoms with van der Waals surface area (Å²) in [5, 5.41) is 11.8. The van der Waals surface area contributed by atoms with E-state index in [4.69, 9.17) is 0 Å². The van der Waals surface area contributed by atoms with Gasteiger partial charge in [-0.2, -0.15) is 0 Å². The lowest BCUT2D eigenvalue weighted by Gasteiger charge is -2.08. The van der Waals surface area contributed by atoms with Crippen LogP contribution in [0.5, 0.6) is 0 Å². The van der Waals surface area contributed by atoms with Gasteiger partial charge in [0.1, 0.15) is 0 Å². The van der Waals surface area contributed by atoms with Gasteiger partial charge in [0.15, 0.2) is 0 Å². The Bertz CT molecular complexity index is 602. The number of rotatable bonds is 5. The molecule has 19 heavy (non-hydrogen) atoms. The molecular formula is C14H19N3O2. The first kappa shape index (κ1) is 13.5. The van der Waals surface area contributed by atoms with Crippen molar-refractivity contribution in [2.75, 3.05) is 20.6 Å². The molecule has 0 aliphatic carbocycles. The van der Waals surface area contributed by atoms with Crippen molar-refractivity contribution in [2.45, 2.75) is 19.8 Å². The van der Waals surface area contributed by atoms with Crippen LogP contribution in [0.15, 0.2) is 18.2 Å². The van der Waals surface area contributed by atoms with Crippen LogP contribution in [-0.2, 0) is 6.42 Å². The van der Waals surface area contributed by atoms with E-state index in [1.54, 1.807) is 18.2 Å². The lowest BCUT2D eigenvalue weighted by atomic mass is 10.1. The van der Waals surface area contributed by atoms with Gasteiger partial charge >= 0.3 is 0 Å². The zero-order valence-corrected chi connectivity index (χ0v) is 11.6. The Labute approximate surface area is 112 Å². The molecule has 1 aromatic heterocycles. The van der Waals surface area contributed by atoms with Crippen LogP contribution >= 0.6 is 0 Å². The van der Waals surface area contributed by atoms with Crippen molar-refractivity contribution in [3.8, 4) is 0 Å². The fourth-order valence-electron chi connectivity index (χ4n) is 2.38. The highest BCUT2D eigenvalue weighted by molar-refractivity contribution is 5.86. The molecule has 0 radical (unpaired) electrons. The van der Waals surface area contributed by atoms with E-state index < -0.39 is 0 Å². The molecule has 2 aromatic rings. The average molecular weight is 261 g/mol. The first-order chi connectivity index (χ1) is 8.99. The average Bonchev–Trinajstić information content (AvgIpc) is 2.64. The number of fused-ring (bicyclic) bond motifs is 1. The Morgan fingerprint density at radius 1 is 1.37 bits per heavy atom. The summed E-state index contributed by atoms with van der Waals surface area (Å²) in [6.45, 7) is 3.04. The van der Waals surface area contributed by atoms with Crippen LogP contribution < -0.4 is 0 Å². The molecule has 5 nitrogen and oxygen atoms in total. The molecule has 2 rings (SSSR count). The van der Waals surface area contributed by atoms with Gasteiger partial charge in [0.25, 0.3) is 5.69 Å². The van der Waals surface area contributed by atoms with E-state index in [-0.39, 0.29) is 10.6 Å². The minimum absolute atomic E-state index is 0.153. The normalized spacial score (nSPS) is 11.4. The number of hydrogen-bond donors (Lipinski definition) is 1. The lowest BCUT2D eigenvalue weighted by molar-refractivity contribution is -0.384. The number of nitrogens with zero attached hydrogens (tertiary/aromatic N) is 2. The van der Waals surface area contributed by atoms with Crippen LogP contribution in [0.4, 0.5) is 5.69 Å². The topological polar surface area (TPSA) is 62.2 Å². The number of benzene rings is 1. The van der Waals surface area contributed by atoms with Gasteiger partial charge < -0.3 is 9.88 Å². The Hall–Kier alpha value is -1.88. The van der Waals surface area contributed by atoms with Crippen LogP contribution in [0, 0.1) is 17.0 Å². The summed E-state index contributed by atoms with van der Waals surface area (Å²) in [7, 11) is 4.10. The molecule has 0 atom stereocenters. The van der Waals surface area contributed by atoms with Gasteiger partial charge in [0.05, 0.1) is 4.92 Å². The van der Waals surface area contributed by atoms with Gasteiger partial charge in [-0.15, -0.1) is 0 Å². The second-order valence-corrected chi connectivity index (χ2v) is 5.12. The minimum Gasteiger partial charge on any atom is -0.358 e. The number of H-pyrrole nitrogens is 1. The van der Waals surface area contributed by atoms with Crippen LogP contribution in [0.25, 0.3) is 10.9 Å². The minimum atomic E-state index is -0.342. The SMILES string of the molecule is Cc1[nH]c2ccc([N+](=O)[O-])cc2c1CCCN(C)C. The molecule has 0 spiro atoms. The zero-order valence-electron chi connectivity index (χ0n) is 11.6. The van der Waals surface area contributed by atoms with Gasteiger partial charge in [-0.05, 0) is 52.0 Å². The van der Waals surface area contributed by atoms with Gasteiger partial charge in [0.2, 0.25) is 0 Å². The van der Waals surface area contributed by atoms with Crippen LogP contribution in [0.1, 0.15) is 17.7 Å². The van der Waals surface area contributed by atoms with Crippen molar-refractivity contribution in [3.63, 3.8) is 0 Å². The molecule has 1 aromatic carbocycles. The molecule has 0 aliphatic rings. The number of aryl methyl sites for hydroxylation is 2. The molecular weight excluding hydrogens is 242 g/mol. The Balaban J connectivity index is 2.33. The number of nitrogens with one attached hydrogen (secondary N) is 1. The maximum Gasteiger partial charge on any atom is 0.270 e. The monoisotopic (exact) mass is 261 g/mol. The van der Waals surface area contributed by atoms with Gasteiger partial charge in [-0.1, -0.05) is 0 Å². The first-order valence-electron chi connectivity index (χ1n) is 6.39. The third kappa shape index (κ3) is 2.93. The summed E-state index contributed by atoms with van der Waals surface area (Å²) >= 11 is 0. The fraction of sp³-hybridized carbons (Fsp3) is 0.429. The number of hydrogen-bond acceptors (Lipinski definition) is 3. The molecule has 0 amide bonds. The van der Waals surface area contributed by atoms with E-state index in [0.717, 1.165) is 36.0 Å². The Morgan fingerprint density at radius 2 is 2.11 bits per heavy atom. The van der Waals surface area contributed by atoms with Gasteiger partial charge in [-0.3, -0.25) is 10.1 Å². The molecule has 0 bridgehead atoms. The molecule has 0 unspecified atom stereocenters. The predicted octanol–water partition coefficient (Wildman–Crippen LogP) is 2.88. The van der Waals surface area contributed by atoms with E-state index >= 15 is 0 Å². The maximum absolute atomic E-state index is 10.9. The second-order valence-electron chi connectivity index (χ2n) is 5.12. The summed E-state index contributed by atoms with van der Waals surface area (Å²) in [5.74, 6) is 0. The number of nitro groups is 1. The second kappa shape index (κ2) is 5.40. The lowest BCUT2D eigenvalue weighted by Crippen LogP contribution is -2.13. The van der Waals surface area contributed by atoms with Crippen LogP contribution in [0.3, 0.4) is 0 Å². The first-order valence-corrected chi connectivity index (χ1v) is 6.39. The van der Waals surface area contributed by atoms with Crippen molar-refractivity contribution in [3.05, 3.63) is 39.6 Å². The van der Waals surface area contributed by atoms with Crippen molar-refractivity contribution >= 4 is 16.6 Å². The van der Waals surface area contributed by atoms with E-state index in [9.17, 15) is 10.1 Å². The third-order valence-electron chi connectivity index (χ3n) is 3.35. The standard InChI is InChI=1S/C14H19N3O2/c1-10-12(5-4-8-16(2)3)13-9-11(17(18)19)6-7-14(13)15-10/h6-7,9,15H,4-5,8H2,1-3H3. The maximum atomic E-state index is 10.9. The van der Waals surface area contributed by atoms with Crippen LogP contribution in [0.2, 0.25) is 0 Å². The number of aromatic amines is 1. The van der Waals surface area contributed by atoms with E-state index in [0.29, 0.717) is 0 Å². The molecule has 5 heteroatoms. The fourth-order valence-corrected chi connectivity index (χ4v) is 2.38. The Morgan fingerprint density at radius 3 is 2.74 bits per heavy atom. The van der Waals surface area contributed by atoms with Crippen molar-refractivity contribution < 1.29 is 4.92 Å². The molecule has 1 N–H and O–H groups in total. The smallest absolute Gasteiger partial charge is 0.270 e. The molecule has 102 valence electrons. The Kier molecular flexibility index (Phi) is 3.85. The van der Waals surface area contributed by atoms with Crippen molar-refractivity contribution in [2.24, 2.45) is 0 Å². The number of non-ortho nitro benzene ring substituents is 1. The molecule has 0 fully saturated rings. The quantitative estimate of drug-likeness (QED) is 0.665. The largest absolute Gasteiger partial charge is 0.358 e. The van der Waals surface area contributed by atoms with E-state index in [1.165, 1.54) is 5.56 Å². The van der Waals surface area contributed by atoms with E-state index in [1.807, 2.05) is 21.0 Å². The van der Waals surface area contributed by atoms with E-state index in [2.05, 4.69) is 9.88 Å². The van der Waals surface area contributed by atoms with Crippen molar-refractivity contribution in [1.82, 2.24) is 9.88 Å². The number of aromatic nitrogens is 1. The highest BCUT2D eigenvalue weighted by Gasteiger charge is 2.12. The summed E-state index contributed by atoms with van der Waals surface area (Å²) < 4.78 is 0. The summed E-state index contributed by atoms with van der Waals surface area (Å²) in [6, 6.07) is 5.00. The summed E-state index contributed by atoms with van der Waals surface area (Å²) in [4.78, 5) is 16.0. The predicted molar refractivity (Wildman–Crippen MR) is 76.6 cm³/mol. The third-order valence-corrected chi connectivity index (χ3v) is 3.35. The highest BCUT2D eigenvalue weighted by atomic mass is 16.6. The molecule has 1 heterocycles. The van der Waals surface area contributed by atoms with Gasteiger partial charge in [0, 0.05) is 28.7 Å².